The van der Waals surface area contributed by atoms with Crippen LogP contribution >= 0.6 is 0 Å². The zero-order chi connectivity index (χ0) is 19.6. The Hall–Kier alpha value is -2.33. The second-order valence-corrected chi connectivity index (χ2v) is 8.34. The van der Waals surface area contributed by atoms with Gasteiger partial charge in [-0.05, 0) is 18.6 Å². The molecule has 2 amide bonds. The largest absolute Gasteiger partial charge is 0.493 e. The Morgan fingerprint density at radius 3 is 2.33 bits per heavy atom. The van der Waals surface area contributed by atoms with Crippen LogP contribution in [-0.4, -0.2) is 75.9 Å². The molecule has 0 saturated carbocycles. The van der Waals surface area contributed by atoms with E-state index in [4.69, 9.17) is 9.47 Å². The van der Waals surface area contributed by atoms with Crippen LogP contribution < -0.4 is 14.8 Å². The van der Waals surface area contributed by atoms with Crippen molar-refractivity contribution < 1.29 is 27.5 Å². The monoisotopic (exact) mass is 397 g/mol. The summed E-state index contributed by atoms with van der Waals surface area (Å²) in [6.07, 6.45) is 0.839. The number of carbonyl (C=O) groups is 2. The molecule has 27 heavy (non-hydrogen) atoms. The van der Waals surface area contributed by atoms with Gasteiger partial charge in [0, 0.05) is 38.7 Å². The Bertz CT molecular complexity index is 833. The van der Waals surface area contributed by atoms with E-state index in [9.17, 15) is 18.0 Å². The topological polar surface area (TPSA) is 105 Å². The molecule has 0 aromatic heterocycles. The lowest BCUT2D eigenvalue weighted by Crippen LogP contribution is -2.54. The lowest BCUT2D eigenvalue weighted by Gasteiger charge is -2.35. The molecule has 1 atom stereocenters. The summed E-state index contributed by atoms with van der Waals surface area (Å²) in [5.74, 6) is 0.516. The maximum Gasteiger partial charge on any atom is 0.245 e. The van der Waals surface area contributed by atoms with Gasteiger partial charge in [0.05, 0.1) is 19.1 Å². The molecule has 0 aliphatic carbocycles. The van der Waals surface area contributed by atoms with Gasteiger partial charge in [-0.1, -0.05) is 0 Å². The SMILES string of the molecule is COc1ccc(S(=O)(=O)N2CCN(C(=O)[C@@H]3CCC(=O)N3)CC2)cc1OC. The van der Waals surface area contributed by atoms with Crippen LogP contribution in [0.25, 0.3) is 0 Å². The van der Waals surface area contributed by atoms with Crippen molar-refractivity contribution in [1.29, 1.82) is 0 Å². The van der Waals surface area contributed by atoms with Gasteiger partial charge in [0.2, 0.25) is 21.8 Å². The minimum atomic E-state index is -3.71. The molecule has 0 radical (unpaired) electrons. The molecule has 9 nitrogen and oxygen atoms in total. The van der Waals surface area contributed by atoms with Crippen LogP contribution in [0.15, 0.2) is 23.1 Å². The number of nitrogens with zero attached hydrogens (tertiary/aromatic N) is 2. The fraction of sp³-hybridized carbons (Fsp3) is 0.529. The van der Waals surface area contributed by atoms with Crippen LogP contribution in [0.2, 0.25) is 0 Å². The lowest BCUT2D eigenvalue weighted by atomic mass is 10.2. The summed E-state index contributed by atoms with van der Waals surface area (Å²) in [6.45, 7) is 0.974. The number of piperazine rings is 1. The predicted octanol–water partition coefficient (Wildman–Crippen LogP) is -0.185. The highest BCUT2D eigenvalue weighted by Crippen LogP contribution is 2.31. The Morgan fingerprint density at radius 1 is 1.11 bits per heavy atom. The lowest BCUT2D eigenvalue weighted by molar-refractivity contribution is -0.135. The van der Waals surface area contributed by atoms with E-state index in [1.807, 2.05) is 0 Å². The first kappa shape index (κ1) is 19.4. The summed E-state index contributed by atoms with van der Waals surface area (Å²) in [5, 5.41) is 2.65. The fourth-order valence-electron chi connectivity index (χ4n) is 3.29. The van der Waals surface area contributed by atoms with E-state index in [1.165, 1.54) is 30.7 Å². The van der Waals surface area contributed by atoms with E-state index in [2.05, 4.69) is 5.32 Å². The average molecular weight is 397 g/mol. The molecule has 2 aliphatic heterocycles. The third kappa shape index (κ3) is 3.86. The molecule has 1 N–H and O–H groups in total. The third-order valence-corrected chi connectivity index (χ3v) is 6.73. The first-order valence-corrected chi connectivity index (χ1v) is 10.1. The standard InChI is InChI=1S/C17H23N3O6S/c1-25-14-5-3-12(11-15(14)26-2)27(23,24)20-9-7-19(8-10-20)17(22)13-4-6-16(21)18-13/h3,5,11,13H,4,6-10H2,1-2H3,(H,18,21)/t13-/m0/s1. The van der Waals surface area contributed by atoms with Gasteiger partial charge in [-0.3, -0.25) is 9.59 Å². The van der Waals surface area contributed by atoms with Crippen LogP contribution in [0, 0.1) is 0 Å². The molecule has 2 fully saturated rings. The number of methoxy groups -OCH3 is 2. The van der Waals surface area contributed by atoms with Gasteiger partial charge in [-0.25, -0.2) is 8.42 Å². The number of hydrogen-bond donors (Lipinski definition) is 1. The van der Waals surface area contributed by atoms with Gasteiger partial charge in [0.15, 0.2) is 11.5 Å². The summed E-state index contributed by atoms with van der Waals surface area (Å²) in [7, 11) is -0.780. The Kier molecular flexibility index (Phi) is 5.56. The van der Waals surface area contributed by atoms with E-state index in [1.54, 1.807) is 11.0 Å². The van der Waals surface area contributed by atoms with Crippen LogP contribution in [0.4, 0.5) is 0 Å². The van der Waals surface area contributed by atoms with Gasteiger partial charge >= 0.3 is 0 Å². The number of benzene rings is 1. The third-order valence-electron chi connectivity index (χ3n) is 4.84. The Morgan fingerprint density at radius 2 is 1.78 bits per heavy atom. The average Bonchev–Trinajstić information content (AvgIpc) is 3.13. The second kappa shape index (κ2) is 7.73. The first-order valence-electron chi connectivity index (χ1n) is 8.67. The second-order valence-electron chi connectivity index (χ2n) is 6.40. The minimum absolute atomic E-state index is 0.114. The van der Waals surface area contributed by atoms with Crippen molar-refractivity contribution in [2.75, 3.05) is 40.4 Å². The molecule has 148 valence electrons. The number of nitrogens with one attached hydrogen (secondary N) is 1. The van der Waals surface area contributed by atoms with Gasteiger partial charge in [0.1, 0.15) is 6.04 Å². The summed E-state index contributed by atoms with van der Waals surface area (Å²) in [4.78, 5) is 25.5. The number of rotatable bonds is 5. The predicted molar refractivity (Wildman–Crippen MR) is 96.0 cm³/mol. The van der Waals surface area contributed by atoms with Crippen molar-refractivity contribution in [3.8, 4) is 11.5 Å². The Labute approximate surface area is 158 Å². The highest BCUT2D eigenvalue weighted by molar-refractivity contribution is 7.89. The van der Waals surface area contributed by atoms with E-state index in [0.717, 1.165) is 0 Å². The van der Waals surface area contributed by atoms with E-state index >= 15 is 0 Å². The van der Waals surface area contributed by atoms with E-state index in [-0.39, 0.29) is 42.9 Å². The van der Waals surface area contributed by atoms with Crippen molar-refractivity contribution in [3.63, 3.8) is 0 Å². The van der Waals surface area contributed by atoms with Gasteiger partial charge < -0.3 is 19.7 Å². The van der Waals surface area contributed by atoms with Crippen molar-refractivity contribution in [2.24, 2.45) is 0 Å². The normalized spacial score (nSPS) is 21.0. The molecular formula is C17H23N3O6S. The molecule has 0 spiro atoms. The van der Waals surface area contributed by atoms with E-state index in [0.29, 0.717) is 24.3 Å². The quantitative estimate of drug-likeness (QED) is 0.739. The maximum absolute atomic E-state index is 12.9. The summed E-state index contributed by atoms with van der Waals surface area (Å²) in [6, 6.07) is 3.96. The van der Waals surface area contributed by atoms with Gasteiger partial charge in [-0.15, -0.1) is 0 Å². The molecular weight excluding hydrogens is 374 g/mol. The number of ether oxygens (including phenoxy) is 2. The van der Waals surface area contributed by atoms with Gasteiger partial charge in [0.25, 0.3) is 0 Å². The van der Waals surface area contributed by atoms with Gasteiger partial charge in [-0.2, -0.15) is 4.31 Å². The highest BCUT2D eigenvalue weighted by atomic mass is 32.2. The minimum Gasteiger partial charge on any atom is -0.493 e. The highest BCUT2D eigenvalue weighted by Gasteiger charge is 2.35. The number of carbonyl (C=O) groups excluding carboxylic acids is 2. The maximum atomic E-state index is 12.9. The van der Waals surface area contributed by atoms with E-state index < -0.39 is 16.1 Å². The van der Waals surface area contributed by atoms with Crippen LogP contribution in [0.5, 0.6) is 11.5 Å². The van der Waals surface area contributed by atoms with Crippen LogP contribution in [-0.2, 0) is 19.6 Å². The number of amides is 2. The fourth-order valence-corrected chi connectivity index (χ4v) is 4.73. The van der Waals surface area contributed by atoms with Crippen LogP contribution in [0.3, 0.4) is 0 Å². The Balaban J connectivity index is 1.68. The first-order chi connectivity index (χ1) is 12.9. The summed E-state index contributed by atoms with van der Waals surface area (Å²) < 4.78 is 37.5. The van der Waals surface area contributed by atoms with Crippen molar-refractivity contribution in [3.05, 3.63) is 18.2 Å². The van der Waals surface area contributed by atoms with Crippen molar-refractivity contribution >= 4 is 21.8 Å². The molecule has 2 heterocycles. The molecule has 3 rings (SSSR count). The molecule has 2 aliphatic rings. The van der Waals surface area contributed by atoms with Crippen LogP contribution in [0.1, 0.15) is 12.8 Å². The molecule has 2 saturated heterocycles. The molecule has 1 aromatic carbocycles. The molecule has 10 heteroatoms. The summed E-state index contributed by atoms with van der Waals surface area (Å²) >= 11 is 0. The summed E-state index contributed by atoms with van der Waals surface area (Å²) in [5.41, 5.74) is 0. The number of sulfonamides is 1. The molecule has 1 aromatic rings. The molecule has 0 unspecified atom stereocenters. The zero-order valence-corrected chi connectivity index (χ0v) is 16.1. The van der Waals surface area contributed by atoms with Crippen molar-refractivity contribution in [2.45, 2.75) is 23.8 Å². The smallest absolute Gasteiger partial charge is 0.245 e. The zero-order valence-electron chi connectivity index (χ0n) is 15.3. The number of hydrogen-bond acceptors (Lipinski definition) is 6. The molecule has 0 bridgehead atoms. The van der Waals surface area contributed by atoms with Crippen molar-refractivity contribution in [1.82, 2.24) is 14.5 Å².